The molecule has 0 radical (unpaired) electrons. The van der Waals surface area contributed by atoms with Crippen LogP contribution in [0.15, 0.2) is 41.8 Å². The summed E-state index contributed by atoms with van der Waals surface area (Å²) in [4.78, 5) is 22.6. The second-order valence-electron chi connectivity index (χ2n) is 6.95. The van der Waals surface area contributed by atoms with Gasteiger partial charge in [-0.3, -0.25) is 9.80 Å². The molecule has 6 nitrogen and oxygen atoms in total. The Morgan fingerprint density at radius 2 is 1.82 bits per heavy atom. The molecule has 1 saturated heterocycles. The van der Waals surface area contributed by atoms with E-state index in [1.54, 1.807) is 11.3 Å². The summed E-state index contributed by atoms with van der Waals surface area (Å²) in [6, 6.07) is 11.4. The van der Waals surface area contributed by atoms with Crippen molar-refractivity contribution in [3.63, 3.8) is 0 Å². The van der Waals surface area contributed by atoms with Crippen LogP contribution in [0.25, 0.3) is 21.5 Å². The number of aromatic nitrogens is 1. The highest BCUT2D eigenvalue weighted by Gasteiger charge is 2.25. The number of β-amino-alcohol motifs (C(OH)–C–C–N with tert-alkyl or cyclic N) is 1. The van der Waals surface area contributed by atoms with Gasteiger partial charge < -0.3 is 10.2 Å². The van der Waals surface area contributed by atoms with E-state index in [1.807, 2.05) is 41.8 Å². The van der Waals surface area contributed by atoms with Gasteiger partial charge in [-0.15, -0.1) is 11.3 Å². The van der Waals surface area contributed by atoms with Crippen molar-refractivity contribution in [2.75, 3.05) is 39.3 Å². The molecule has 1 aliphatic rings. The van der Waals surface area contributed by atoms with Gasteiger partial charge in [-0.25, -0.2) is 9.78 Å². The fourth-order valence-electron chi connectivity index (χ4n) is 3.80. The van der Waals surface area contributed by atoms with E-state index in [2.05, 4.69) is 9.80 Å². The normalized spacial score (nSPS) is 15.9. The SMILES string of the molecule is O=C(O)c1c(CN2CCN(CCO)CC2)c(-c2cccs2)nc2ccccc12. The lowest BCUT2D eigenvalue weighted by Crippen LogP contribution is -2.46. The lowest BCUT2D eigenvalue weighted by molar-refractivity contribution is 0.0694. The maximum absolute atomic E-state index is 12.3. The molecule has 4 rings (SSSR count). The van der Waals surface area contributed by atoms with Crippen LogP contribution in [0, 0.1) is 0 Å². The highest BCUT2D eigenvalue weighted by atomic mass is 32.1. The smallest absolute Gasteiger partial charge is 0.336 e. The second kappa shape index (κ2) is 8.36. The first-order valence-electron chi connectivity index (χ1n) is 9.41. The molecule has 0 saturated carbocycles. The summed E-state index contributed by atoms with van der Waals surface area (Å²) in [7, 11) is 0. The molecule has 0 spiro atoms. The molecule has 0 unspecified atom stereocenters. The molecule has 0 aliphatic carbocycles. The minimum atomic E-state index is -0.912. The molecule has 0 atom stereocenters. The van der Waals surface area contributed by atoms with E-state index in [1.165, 1.54) is 0 Å². The number of aliphatic hydroxyl groups excluding tert-OH is 1. The summed E-state index contributed by atoms with van der Waals surface area (Å²) in [5.41, 5.74) is 2.61. The molecule has 1 aliphatic heterocycles. The van der Waals surface area contributed by atoms with Crippen LogP contribution < -0.4 is 0 Å². The molecule has 7 heteroatoms. The molecular weight excluding hydrogens is 374 g/mol. The molecule has 1 fully saturated rings. The van der Waals surface area contributed by atoms with Gasteiger partial charge in [0, 0.05) is 50.2 Å². The minimum Gasteiger partial charge on any atom is -0.478 e. The molecule has 3 heterocycles. The van der Waals surface area contributed by atoms with Crippen molar-refractivity contribution >= 4 is 28.2 Å². The number of benzene rings is 1. The van der Waals surface area contributed by atoms with E-state index in [-0.39, 0.29) is 6.61 Å². The third-order valence-corrected chi connectivity index (χ3v) is 6.10. The zero-order valence-electron chi connectivity index (χ0n) is 15.5. The average Bonchev–Trinajstić information content (AvgIpc) is 3.23. The summed E-state index contributed by atoms with van der Waals surface area (Å²) in [6.07, 6.45) is 0. The standard InChI is InChI=1S/C21H23N3O3S/c25-12-11-23-7-9-24(10-8-23)14-16-19(21(26)27)15-4-1-2-5-17(15)22-20(16)18-6-3-13-28-18/h1-6,13,25H,7-12,14H2,(H,26,27). The predicted molar refractivity (Wildman–Crippen MR) is 111 cm³/mol. The first-order chi connectivity index (χ1) is 13.7. The van der Waals surface area contributed by atoms with Gasteiger partial charge in [0.25, 0.3) is 0 Å². The molecule has 1 aromatic carbocycles. The Labute approximate surface area is 167 Å². The van der Waals surface area contributed by atoms with Gasteiger partial charge in [0.05, 0.1) is 28.3 Å². The van der Waals surface area contributed by atoms with Gasteiger partial charge in [-0.1, -0.05) is 24.3 Å². The lowest BCUT2D eigenvalue weighted by atomic mass is 9.98. The van der Waals surface area contributed by atoms with E-state index in [9.17, 15) is 9.90 Å². The number of hydrogen-bond donors (Lipinski definition) is 2. The van der Waals surface area contributed by atoms with Crippen molar-refractivity contribution in [2.45, 2.75) is 6.54 Å². The van der Waals surface area contributed by atoms with Gasteiger partial charge in [0.2, 0.25) is 0 Å². The highest BCUT2D eigenvalue weighted by Crippen LogP contribution is 2.33. The number of aromatic carboxylic acids is 1. The van der Waals surface area contributed by atoms with E-state index in [4.69, 9.17) is 10.1 Å². The van der Waals surface area contributed by atoms with Crippen LogP contribution in [0.4, 0.5) is 0 Å². The summed E-state index contributed by atoms with van der Waals surface area (Å²) < 4.78 is 0. The molecule has 0 bridgehead atoms. The first kappa shape index (κ1) is 19.0. The van der Waals surface area contributed by atoms with Crippen LogP contribution in [-0.2, 0) is 6.54 Å². The van der Waals surface area contributed by atoms with Gasteiger partial charge in [-0.2, -0.15) is 0 Å². The van der Waals surface area contributed by atoms with Gasteiger partial charge >= 0.3 is 5.97 Å². The van der Waals surface area contributed by atoms with Gasteiger partial charge in [0.15, 0.2) is 0 Å². The van der Waals surface area contributed by atoms with Crippen LogP contribution >= 0.6 is 11.3 Å². The number of pyridine rings is 1. The number of hydrogen-bond acceptors (Lipinski definition) is 6. The highest BCUT2D eigenvalue weighted by molar-refractivity contribution is 7.13. The van der Waals surface area contributed by atoms with Crippen molar-refractivity contribution in [1.82, 2.24) is 14.8 Å². The maximum Gasteiger partial charge on any atom is 0.336 e. The van der Waals surface area contributed by atoms with Crippen molar-refractivity contribution < 1.29 is 15.0 Å². The third-order valence-electron chi connectivity index (χ3n) is 5.22. The van der Waals surface area contributed by atoms with Crippen molar-refractivity contribution in [1.29, 1.82) is 0 Å². The topological polar surface area (TPSA) is 76.9 Å². The Hall–Kier alpha value is -2.32. The summed E-state index contributed by atoms with van der Waals surface area (Å²) in [5, 5.41) is 21.9. The Morgan fingerprint density at radius 3 is 2.50 bits per heavy atom. The van der Waals surface area contributed by atoms with Crippen LogP contribution in [0.3, 0.4) is 0 Å². The average molecular weight is 398 g/mol. The van der Waals surface area contributed by atoms with E-state index < -0.39 is 5.97 Å². The largest absolute Gasteiger partial charge is 0.478 e. The van der Waals surface area contributed by atoms with Crippen molar-refractivity contribution in [3.8, 4) is 10.6 Å². The number of carboxylic acid groups (broad SMARTS) is 1. The molecule has 2 N–H and O–H groups in total. The van der Waals surface area contributed by atoms with Crippen LogP contribution in [0.1, 0.15) is 15.9 Å². The predicted octanol–water partition coefficient (Wildman–Crippen LogP) is 2.77. The van der Waals surface area contributed by atoms with Gasteiger partial charge in [-0.05, 0) is 17.5 Å². The van der Waals surface area contributed by atoms with E-state index in [0.717, 1.165) is 42.3 Å². The number of fused-ring (bicyclic) bond motifs is 1. The number of rotatable bonds is 6. The number of piperazine rings is 1. The Morgan fingerprint density at radius 1 is 1.07 bits per heavy atom. The second-order valence-corrected chi connectivity index (χ2v) is 7.90. The van der Waals surface area contributed by atoms with Crippen molar-refractivity contribution in [3.05, 3.63) is 52.9 Å². The monoisotopic (exact) mass is 397 g/mol. The minimum absolute atomic E-state index is 0.167. The fourth-order valence-corrected chi connectivity index (χ4v) is 4.54. The fraction of sp³-hybridized carbons (Fsp3) is 0.333. The first-order valence-corrected chi connectivity index (χ1v) is 10.3. The maximum atomic E-state index is 12.3. The zero-order chi connectivity index (χ0) is 19.5. The molecule has 28 heavy (non-hydrogen) atoms. The number of aliphatic hydroxyl groups is 1. The third kappa shape index (κ3) is 3.79. The molecule has 3 aromatic rings. The summed E-state index contributed by atoms with van der Waals surface area (Å²) in [5.74, 6) is -0.912. The molecule has 0 amide bonds. The van der Waals surface area contributed by atoms with Crippen molar-refractivity contribution in [2.24, 2.45) is 0 Å². The molecular formula is C21H23N3O3S. The zero-order valence-corrected chi connectivity index (χ0v) is 16.4. The van der Waals surface area contributed by atoms with E-state index >= 15 is 0 Å². The number of para-hydroxylation sites is 1. The van der Waals surface area contributed by atoms with Crippen LogP contribution in [-0.4, -0.2) is 70.3 Å². The van der Waals surface area contributed by atoms with Crippen LogP contribution in [0.2, 0.25) is 0 Å². The van der Waals surface area contributed by atoms with E-state index in [0.29, 0.717) is 29.6 Å². The Bertz CT molecular complexity index is 966. The number of carbonyl (C=O) groups is 1. The summed E-state index contributed by atoms with van der Waals surface area (Å²) in [6.45, 7) is 4.84. The van der Waals surface area contributed by atoms with Gasteiger partial charge in [0.1, 0.15) is 0 Å². The number of thiophene rings is 1. The molecule has 146 valence electrons. The lowest BCUT2D eigenvalue weighted by Gasteiger charge is -2.34. The summed E-state index contributed by atoms with van der Waals surface area (Å²) >= 11 is 1.58. The Kier molecular flexibility index (Phi) is 5.68. The Balaban J connectivity index is 1.76. The molecule has 2 aromatic heterocycles. The number of nitrogens with zero attached hydrogens (tertiary/aromatic N) is 3. The quantitative estimate of drug-likeness (QED) is 0.666. The van der Waals surface area contributed by atoms with Crippen LogP contribution in [0.5, 0.6) is 0 Å². The number of carboxylic acids is 1.